The van der Waals surface area contributed by atoms with Crippen molar-refractivity contribution in [3.8, 4) is 11.1 Å². The van der Waals surface area contributed by atoms with Crippen LogP contribution in [-0.4, -0.2) is 21.3 Å². The highest BCUT2D eigenvalue weighted by Crippen LogP contribution is 2.31. The summed E-state index contributed by atoms with van der Waals surface area (Å²) in [6.45, 7) is 1.12. The van der Waals surface area contributed by atoms with Gasteiger partial charge < -0.3 is 5.32 Å². The van der Waals surface area contributed by atoms with E-state index in [4.69, 9.17) is 0 Å². The Morgan fingerprint density at radius 1 is 1.10 bits per heavy atom. The lowest BCUT2D eigenvalue weighted by Crippen LogP contribution is -2.36. The summed E-state index contributed by atoms with van der Waals surface area (Å²) in [5.74, 6) is -0.166. The van der Waals surface area contributed by atoms with E-state index in [1.165, 1.54) is 12.6 Å². The minimum Gasteiger partial charge on any atom is -0.349 e. The highest BCUT2D eigenvalue weighted by molar-refractivity contribution is 5.95. The molecular formula is C23H22F3N3O2. The van der Waals surface area contributed by atoms with Crippen LogP contribution in [0.15, 0.2) is 47.4 Å². The summed E-state index contributed by atoms with van der Waals surface area (Å²) in [5, 5.41) is 3.04. The van der Waals surface area contributed by atoms with Crippen LogP contribution in [0.3, 0.4) is 0 Å². The van der Waals surface area contributed by atoms with E-state index in [0.29, 0.717) is 16.7 Å². The Morgan fingerprint density at radius 2 is 1.77 bits per heavy atom. The molecule has 1 aromatic carbocycles. The quantitative estimate of drug-likeness (QED) is 0.654. The minimum absolute atomic E-state index is 0.0789. The van der Waals surface area contributed by atoms with Crippen LogP contribution in [0.1, 0.15) is 53.7 Å². The Bertz CT molecular complexity index is 1180. The third-order valence-corrected chi connectivity index (χ3v) is 5.75. The summed E-state index contributed by atoms with van der Waals surface area (Å²) in [4.78, 5) is 28.8. The number of hydrogen-bond donors (Lipinski definition) is 1. The fourth-order valence-corrected chi connectivity index (χ4v) is 4.07. The molecule has 0 bridgehead atoms. The summed E-state index contributed by atoms with van der Waals surface area (Å²) in [6, 6.07) is 9.95. The number of pyridine rings is 1. The van der Waals surface area contributed by atoms with Crippen molar-refractivity contribution in [1.29, 1.82) is 0 Å². The number of hydrogen-bond acceptors (Lipinski definition) is 3. The third-order valence-electron chi connectivity index (χ3n) is 5.75. The molecule has 2 aromatic heterocycles. The molecule has 1 aliphatic carbocycles. The second-order valence-electron chi connectivity index (χ2n) is 7.89. The SMILES string of the molecule is Cc1c(C(F)(F)F)nc2c(-c3ccc(C(=O)NC4CCCCC4)cc3)cccn2c1=O. The van der Waals surface area contributed by atoms with Crippen LogP contribution in [0.4, 0.5) is 13.2 Å². The standard InChI is InChI=1S/C23H22F3N3O2/c1-14-19(23(24,25)26)28-20-18(8-5-13-29(20)22(14)31)15-9-11-16(12-10-15)21(30)27-17-6-3-2-4-7-17/h5,8-13,17H,2-4,6-7H2,1H3,(H,27,30). The molecule has 8 heteroatoms. The molecule has 5 nitrogen and oxygen atoms in total. The number of benzene rings is 1. The molecule has 4 rings (SSSR count). The lowest BCUT2D eigenvalue weighted by atomic mass is 9.95. The molecule has 3 aromatic rings. The van der Waals surface area contributed by atoms with Crippen molar-refractivity contribution in [1.82, 2.24) is 14.7 Å². The van der Waals surface area contributed by atoms with Crippen molar-refractivity contribution in [2.24, 2.45) is 0 Å². The molecule has 0 spiro atoms. The van der Waals surface area contributed by atoms with Crippen LogP contribution >= 0.6 is 0 Å². The molecule has 0 saturated heterocycles. The summed E-state index contributed by atoms with van der Waals surface area (Å²) in [7, 11) is 0. The van der Waals surface area contributed by atoms with Crippen molar-refractivity contribution >= 4 is 11.6 Å². The molecule has 0 radical (unpaired) electrons. The lowest BCUT2D eigenvalue weighted by molar-refractivity contribution is -0.141. The minimum atomic E-state index is -4.73. The molecule has 162 valence electrons. The number of aromatic nitrogens is 2. The number of halogens is 3. The summed E-state index contributed by atoms with van der Waals surface area (Å²) in [5.41, 5.74) is -1.05. The Balaban J connectivity index is 1.69. The predicted octanol–water partition coefficient (Wildman–Crippen LogP) is 4.75. The molecule has 31 heavy (non-hydrogen) atoms. The normalized spacial score (nSPS) is 15.2. The molecule has 1 saturated carbocycles. The summed E-state index contributed by atoms with van der Waals surface area (Å²) in [6.07, 6.45) is 2.02. The monoisotopic (exact) mass is 429 g/mol. The Kier molecular flexibility index (Phi) is 5.56. The first kappa shape index (κ1) is 21.1. The van der Waals surface area contributed by atoms with Gasteiger partial charge in [-0.2, -0.15) is 13.2 Å². The maximum absolute atomic E-state index is 13.4. The van der Waals surface area contributed by atoms with E-state index >= 15 is 0 Å². The lowest BCUT2D eigenvalue weighted by Gasteiger charge is -2.22. The smallest absolute Gasteiger partial charge is 0.349 e. The van der Waals surface area contributed by atoms with Gasteiger partial charge in [0.2, 0.25) is 0 Å². The van der Waals surface area contributed by atoms with E-state index < -0.39 is 23.0 Å². The highest BCUT2D eigenvalue weighted by Gasteiger charge is 2.36. The van der Waals surface area contributed by atoms with Gasteiger partial charge in [0.25, 0.3) is 11.5 Å². The fourth-order valence-electron chi connectivity index (χ4n) is 4.07. The van der Waals surface area contributed by atoms with E-state index in [9.17, 15) is 22.8 Å². The largest absolute Gasteiger partial charge is 0.433 e. The molecule has 1 amide bonds. The van der Waals surface area contributed by atoms with Gasteiger partial charge in [-0.25, -0.2) is 4.98 Å². The number of fused-ring (bicyclic) bond motifs is 1. The Morgan fingerprint density at radius 3 is 2.42 bits per heavy atom. The first-order valence-corrected chi connectivity index (χ1v) is 10.3. The van der Waals surface area contributed by atoms with E-state index in [1.807, 2.05) is 0 Å². The van der Waals surface area contributed by atoms with Gasteiger partial charge in [0.1, 0.15) is 5.65 Å². The van der Waals surface area contributed by atoms with Gasteiger partial charge in [-0.15, -0.1) is 0 Å². The van der Waals surface area contributed by atoms with Crippen LogP contribution in [0.25, 0.3) is 16.8 Å². The molecule has 1 aliphatic rings. The van der Waals surface area contributed by atoms with Gasteiger partial charge in [-0.3, -0.25) is 14.0 Å². The number of nitrogens with zero attached hydrogens (tertiary/aromatic N) is 2. The van der Waals surface area contributed by atoms with E-state index in [2.05, 4.69) is 10.3 Å². The Labute approximate surface area is 176 Å². The van der Waals surface area contributed by atoms with Gasteiger partial charge in [-0.05, 0) is 49.6 Å². The van der Waals surface area contributed by atoms with Crippen LogP contribution in [-0.2, 0) is 6.18 Å². The average Bonchev–Trinajstić information content (AvgIpc) is 2.76. The fraction of sp³-hybridized carbons (Fsp3) is 0.348. The molecule has 1 fully saturated rings. The van der Waals surface area contributed by atoms with Gasteiger partial charge in [-0.1, -0.05) is 31.4 Å². The van der Waals surface area contributed by atoms with Gasteiger partial charge in [0, 0.05) is 28.9 Å². The average molecular weight is 429 g/mol. The predicted molar refractivity (Wildman–Crippen MR) is 111 cm³/mol. The van der Waals surface area contributed by atoms with Gasteiger partial charge in [0.05, 0.1) is 0 Å². The van der Waals surface area contributed by atoms with Gasteiger partial charge >= 0.3 is 6.18 Å². The second kappa shape index (κ2) is 8.17. The maximum atomic E-state index is 13.4. The van der Waals surface area contributed by atoms with Crippen LogP contribution in [0.2, 0.25) is 0 Å². The molecule has 0 unspecified atom stereocenters. The number of alkyl halides is 3. The first-order chi connectivity index (χ1) is 14.8. The summed E-state index contributed by atoms with van der Waals surface area (Å²) < 4.78 is 41.2. The Hall–Kier alpha value is -3.16. The van der Waals surface area contributed by atoms with Crippen molar-refractivity contribution in [2.75, 3.05) is 0 Å². The van der Waals surface area contributed by atoms with E-state index in [0.717, 1.165) is 37.0 Å². The zero-order valence-corrected chi connectivity index (χ0v) is 17.0. The maximum Gasteiger partial charge on any atom is 0.433 e. The third kappa shape index (κ3) is 4.19. The van der Waals surface area contributed by atoms with Gasteiger partial charge in [0.15, 0.2) is 5.69 Å². The second-order valence-corrected chi connectivity index (χ2v) is 7.89. The van der Waals surface area contributed by atoms with E-state index in [1.54, 1.807) is 36.4 Å². The first-order valence-electron chi connectivity index (χ1n) is 10.3. The molecule has 1 N–H and O–H groups in total. The number of amides is 1. The van der Waals surface area contributed by atoms with Crippen molar-refractivity contribution < 1.29 is 18.0 Å². The molecule has 2 heterocycles. The molecule has 0 aliphatic heterocycles. The molecule has 0 atom stereocenters. The molecular weight excluding hydrogens is 407 g/mol. The zero-order chi connectivity index (χ0) is 22.2. The van der Waals surface area contributed by atoms with E-state index in [-0.39, 0.29) is 17.6 Å². The van der Waals surface area contributed by atoms with Crippen molar-refractivity contribution in [3.05, 3.63) is 69.8 Å². The van der Waals surface area contributed by atoms with Crippen molar-refractivity contribution in [3.63, 3.8) is 0 Å². The number of rotatable bonds is 3. The van der Waals surface area contributed by atoms with Crippen LogP contribution in [0.5, 0.6) is 0 Å². The highest BCUT2D eigenvalue weighted by atomic mass is 19.4. The number of carbonyl (C=O) groups excluding carboxylic acids is 1. The zero-order valence-electron chi connectivity index (χ0n) is 17.0. The summed E-state index contributed by atoms with van der Waals surface area (Å²) >= 11 is 0. The van der Waals surface area contributed by atoms with Crippen LogP contribution < -0.4 is 10.9 Å². The number of carbonyl (C=O) groups is 1. The number of nitrogens with one attached hydrogen (secondary N) is 1. The topological polar surface area (TPSA) is 63.5 Å². The van der Waals surface area contributed by atoms with Crippen LogP contribution in [0, 0.1) is 6.92 Å². The van der Waals surface area contributed by atoms with Crippen molar-refractivity contribution in [2.45, 2.75) is 51.2 Å².